The summed E-state index contributed by atoms with van der Waals surface area (Å²) in [5, 5.41) is 4.48. The molecule has 2 aromatic carbocycles. The van der Waals surface area contributed by atoms with Gasteiger partial charge < -0.3 is 0 Å². The molecule has 3 aromatic rings. The van der Waals surface area contributed by atoms with E-state index in [1.165, 1.54) is 18.4 Å². The summed E-state index contributed by atoms with van der Waals surface area (Å²) in [5.41, 5.74) is 4.35. The highest BCUT2D eigenvalue weighted by molar-refractivity contribution is 6.09. The third-order valence-corrected chi connectivity index (χ3v) is 4.20. The van der Waals surface area contributed by atoms with Crippen LogP contribution in [0.25, 0.3) is 5.69 Å². The van der Waals surface area contributed by atoms with Gasteiger partial charge in [-0.05, 0) is 37.5 Å². The largest absolute Gasteiger partial charge is 0.288 e. The number of rotatable bonds is 6. The van der Waals surface area contributed by atoms with Gasteiger partial charge in [0.15, 0.2) is 5.78 Å². The van der Waals surface area contributed by atoms with Gasteiger partial charge in [0.25, 0.3) is 0 Å². The predicted octanol–water partition coefficient (Wildman–Crippen LogP) is 4.75. The highest BCUT2D eigenvalue weighted by Gasteiger charge is 2.16. The first-order valence-corrected chi connectivity index (χ1v) is 8.44. The molecule has 0 saturated heterocycles. The minimum atomic E-state index is 0.0247. The second-order valence-corrected chi connectivity index (χ2v) is 6.04. The maximum absolute atomic E-state index is 12.8. The lowest BCUT2D eigenvalue weighted by atomic mass is 10.0. The number of carbonyl (C=O) groups is 1. The Hall–Kier alpha value is -2.68. The van der Waals surface area contributed by atoms with Crippen molar-refractivity contribution in [3.63, 3.8) is 0 Å². The highest BCUT2D eigenvalue weighted by atomic mass is 16.1. The number of nitrogens with zero attached hydrogens (tertiary/aromatic N) is 2. The molecule has 3 rings (SSSR count). The molecule has 0 bridgehead atoms. The molecular weight excluding hydrogens is 296 g/mol. The third kappa shape index (κ3) is 3.46. The van der Waals surface area contributed by atoms with Crippen LogP contribution in [0, 0.1) is 6.92 Å². The molecule has 0 spiro atoms. The van der Waals surface area contributed by atoms with Crippen LogP contribution in [0.1, 0.15) is 46.9 Å². The molecule has 0 unspecified atom stereocenters. The fraction of sp³-hybridized carbons (Fsp3) is 0.238. The number of para-hydroxylation sites is 1. The quantitative estimate of drug-likeness (QED) is 0.614. The lowest BCUT2D eigenvalue weighted by Gasteiger charge is -2.03. The number of benzene rings is 2. The van der Waals surface area contributed by atoms with E-state index in [9.17, 15) is 4.79 Å². The first kappa shape index (κ1) is 16.2. The molecule has 1 heterocycles. The van der Waals surface area contributed by atoms with Crippen LogP contribution in [0.2, 0.25) is 0 Å². The van der Waals surface area contributed by atoms with Crippen LogP contribution >= 0.6 is 0 Å². The molecule has 0 aliphatic heterocycles. The van der Waals surface area contributed by atoms with Crippen molar-refractivity contribution < 1.29 is 4.79 Å². The molecule has 0 N–H and O–H groups in total. The molecule has 1 aromatic heterocycles. The van der Waals surface area contributed by atoms with Crippen molar-refractivity contribution in [1.82, 2.24) is 9.78 Å². The van der Waals surface area contributed by atoms with Crippen molar-refractivity contribution in [1.29, 1.82) is 0 Å². The van der Waals surface area contributed by atoms with Crippen molar-refractivity contribution in [3.8, 4) is 5.69 Å². The average molecular weight is 318 g/mol. The third-order valence-electron chi connectivity index (χ3n) is 4.20. The van der Waals surface area contributed by atoms with Crippen LogP contribution in [-0.2, 0) is 6.42 Å². The van der Waals surface area contributed by atoms with E-state index in [0.717, 1.165) is 17.8 Å². The first-order valence-electron chi connectivity index (χ1n) is 8.44. The van der Waals surface area contributed by atoms with E-state index in [4.69, 9.17) is 0 Å². The number of aromatic nitrogens is 2. The van der Waals surface area contributed by atoms with Gasteiger partial charge in [-0.25, -0.2) is 4.68 Å². The Labute approximate surface area is 143 Å². The molecule has 0 fully saturated rings. The summed E-state index contributed by atoms with van der Waals surface area (Å²) in [4.78, 5) is 12.8. The van der Waals surface area contributed by atoms with E-state index in [1.807, 2.05) is 55.6 Å². The molecule has 0 aliphatic rings. The van der Waals surface area contributed by atoms with Gasteiger partial charge in [0.2, 0.25) is 0 Å². The maximum Gasteiger partial charge on any atom is 0.196 e. The number of ketones is 1. The van der Waals surface area contributed by atoms with E-state index in [1.54, 1.807) is 4.68 Å². The molecular formula is C21H22N2O. The molecule has 0 aliphatic carbocycles. The number of carbonyl (C=O) groups excluding carboxylic acids is 1. The fourth-order valence-electron chi connectivity index (χ4n) is 2.76. The Balaban J connectivity index is 1.84. The van der Waals surface area contributed by atoms with Gasteiger partial charge in [0, 0.05) is 11.8 Å². The molecule has 0 saturated carbocycles. The number of hydrogen-bond acceptors (Lipinski definition) is 2. The molecule has 3 nitrogen and oxygen atoms in total. The second kappa shape index (κ2) is 7.26. The summed E-state index contributed by atoms with van der Waals surface area (Å²) < 4.78 is 1.76. The predicted molar refractivity (Wildman–Crippen MR) is 96.8 cm³/mol. The normalized spacial score (nSPS) is 10.8. The Morgan fingerprint density at radius 3 is 2.42 bits per heavy atom. The van der Waals surface area contributed by atoms with Crippen molar-refractivity contribution in [2.45, 2.75) is 33.1 Å². The van der Waals surface area contributed by atoms with Gasteiger partial charge >= 0.3 is 0 Å². The minimum absolute atomic E-state index is 0.0247. The Bertz CT molecular complexity index is 817. The molecule has 122 valence electrons. The van der Waals surface area contributed by atoms with Crippen LogP contribution < -0.4 is 0 Å². The lowest BCUT2D eigenvalue weighted by molar-refractivity contribution is 0.103. The highest BCUT2D eigenvalue weighted by Crippen LogP contribution is 2.17. The van der Waals surface area contributed by atoms with Gasteiger partial charge in [-0.3, -0.25) is 4.79 Å². The van der Waals surface area contributed by atoms with E-state index < -0.39 is 0 Å². The second-order valence-electron chi connectivity index (χ2n) is 6.04. The Morgan fingerprint density at radius 2 is 1.75 bits per heavy atom. The molecule has 0 atom stereocenters. The zero-order valence-corrected chi connectivity index (χ0v) is 14.2. The summed E-state index contributed by atoms with van der Waals surface area (Å²) in [7, 11) is 0. The number of hydrogen-bond donors (Lipinski definition) is 0. The zero-order valence-electron chi connectivity index (χ0n) is 14.2. The van der Waals surface area contributed by atoms with Crippen LogP contribution in [0.15, 0.2) is 60.8 Å². The van der Waals surface area contributed by atoms with E-state index >= 15 is 0 Å². The van der Waals surface area contributed by atoms with Crippen molar-refractivity contribution >= 4 is 5.78 Å². The van der Waals surface area contributed by atoms with Gasteiger partial charge in [-0.2, -0.15) is 5.10 Å². The Morgan fingerprint density at radius 1 is 1.04 bits per heavy atom. The van der Waals surface area contributed by atoms with E-state index in [2.05, 4.69) is 24.2 Å². The van der Waals surface area contributed by atoms with E-state index in [0.29, 0.717) is 11.1 Å². The minimum Gasteiger partial charge on any atom is -0.288 e. The van der Waals surface area contributed by atoms with Crippen molar-refractivity contribution in [2.24, 2.45) is 0 Å². The first-order chi connectivity index (χ1) is 11.7. The van der Waals surface area contributed by atoms with Gasteiger partial charge in [0.05, 0.1) is 16.9 Å². The average Bonchev–Trinajstić information content (AvgIpc) is 3.02. The van der Waals surface area contributed by atoms with Crippen LogP contribution in [0.3, 0.4) is 0 Å². The summed E-state index contributed by atoms with van der Waals surface area (Å²) >= 11 is 0. The summed E-state index contributed by atoms with van der Waals surface area (Å²) in [5.74, 6) is 0.0247. The van der Waals surface area contributed by atoms with Crippen LogP contribution in [0.5, 0.6) is 0 Å². The summed E-state index contributed by atoms with van der Waals surface area (Å²) in [6.07, 6.45) is 5.24. The standard InChI is InChI=1S/C21H22N2O/c1-3-4-8-17-11-13-18(14-12-17)21(24)20-15-23(22-16(20)2)19-9-6-5-7-10-19/h5-7,9-15H,3-4,8H2,1-2H3. The lowest BCUT2D eigenvalue weighted by Crippen LogP contribution is -2.02. The van der Waals surface area contributed by atoms with Crippen molar-refractivity contribution in [3.05, 3.63) is 83.2 Å². The number of aryl methyl sites for hydroxylation is 2. The van der Waals surface area contributed by atoms with Crippen LogP contribution in [0.4, 0.5) is 0 Å². The molecule has 0 radical (unpaired) electrons. The van der Waals surface area contributed by atoms with Gasteiger partial charge in [-0.1, -0.05) is 55.8 Å². The summed E-state index contributed by atoms with van der Waals surface area (Å²) in [6.45, 7) is 4.06. The SMILES string of the molecule is CCCCc1ccc(C(=O)c2cn(-c3ccccc3)nc2C)cc1. The number of unbranched alkanes of at least 4 members (excludes halogenated alkanes) is 1. The summed E-state index contributed by atoms with van der Waals surface area (Å²) in [6, 6.07) is 17.8. The van der Waals surface area contributed by atoms with E-state index in [-0.39, 0.29) is 5.78 Å². The van der Waals surface area contributed by atoms with Gasteiger partial charge in [0.1, 0.15) is 0 Å². The fourth-order valence-corrected chi connectivity index (χ4v) is 2.76. The molecule has 0 amide bonds. The monoisotopic (exact) mass is 318 g/mol. The van der Waals surface area contributed by atoms with Gasteiger partial charge in [-0.15, -0.1) is 0 Å². The smallest absolute Gasteiger partial charge is 0.196 e. The molecule has 3 heteroatoms. The zero-order chi connectivity index (χ0) is 16.9. The van der Waals surface area contributed by atoms with Crippen LogP contribution in [-0.4, -0.2) is 15.6 Å². The Kier molecular flexibility index (Phi) is 4.90. The topological polar surface area (TPSA) is 34.9 Å². The molecule has 24 heavy (non-hydrogen) atoms. The van der Waals surface area contributed by atoms with Crippen molar-refractivity contribution in [2.75, 3.05) is 0 Å². The maximum atomic E-state index is 12.8.